The maximum atomic E-state index is 12.4. The second kappa shape index (κ2) is 7.03. The Morgan fingerprint density at radius 2 is 1.81 bits per heavy atom. The third-order valence-corrected chi connectivity index (χ3v) is 4.40. The van der Waals surface area contributed by atoms with Gasteiger partial charge in [0, 0.05) is 22.7 Å². The zero-order chi connectivity index (χ0) is 18.8. The molecule has 2 N–H and O–H groups in total. The molecule has 4 rings (SSSR count). The molecule has 0 aliphatic heterocycles. The van der Waals surface area contributed by atoms with Gasteiger partial charge in [-0.1, -0.05) is 12.1 Å². The van der Waals surface area contributed by atoms with Crippen LogP contribution in [0.4, 0.5) is 5.69 Å². The van der Waals surface area contributed by atoms with Crippen molar-refractivity contribution in [2.24, 2.45) is 0 Å². The van der Waals surface area contributed by atoms with Crippen LogP contribution in [0, 0.1) is 0 Å². The van der Waals surface area contributed by atoms with Crippen LogP contribution in [0.5, 0.6) is 0 Å². The van der Waals surface area contributed by atoms with Gasteiger partial charge in [0.1, 0.15) is 6.54 Å². The molecular formula is C20H18N4O3. The molecule has 0 unspecified atom stereocenters. The van der Waals surface area contributed by atoms with Gasteiger partial charge in [0.25, 0.3) is 5.91 Å². The number of amides is 2. The summed E-state index contributed by atoms with van der Waals surface area (Å²) < 4.78 is 1.49. The summed E-state index contributed by atoms with van der Waals surface area (Å²) in [5, 5.41) is 10.3. The lowest BCUT2D eigenvalue weighted by atomic mass is 10.2. The van der Waals surface area contributed by atoms with Gasteiger partial charge in [-0.2, -0.15) is 5.10 Å². The molecule has 1 aliphatic rings. The van der Waals surface area contributed by atoms with Crippen LogP contribution in [-0.2, 0) is 11.3 Å². The molecule has 3 aromatic rings. The molecular weight excluding hydrogens is 344 g/mol. The average molecular weight is 362 g/mol. The van der Waals surface area contributed by atoms with Gasteiger partial charge in [-0.05, 0) is 49.2 Å². The second-order valence-electron chi connectivity index (χ2n) is 6.56. The number of hydrogen-bond donors (Lipinski definition) is 2. The molecule has 0 radical (unpaired) electrons. The molecule has 1 saturated carbocycles. The Hall–Kier alpha value is -3.48. The highest BCUT2D eigenvalue weighted by atomic mass is 16.2. The minimum absolute atomic E-state index is 0.0231. The van der Waals surface area contributed by atoms with Crippen LogP contribution < -0.4 is 16.1 Å². The van der Waals surface area contributed by atoms with E-state index in [4.69, 9.17) is 0 Å². The smallest absolute Gasteiger partial charge is 0.251 e. The molecule has 7 heteroatoms. The monoisotopic (exact) mass is 362 g/mol. The minimum Gasteiger partial charge on any atom is -0.349 e. The van der Waals surface area contributed by atoms with Crippen molar-refractivity contribution < 1.29 is 9.59 Å². The third-order valence-electron chi connectivity index (χ3n) is 4.40. The van der Waals surface area contributed by atoms with E-state index in [1.54, 1.807) is 48.5 Å². The van der Waals surface area contributed by atoms with Crippen LogP contribution in [0.25, 0.3) is 10.9 Å². The molecule has 0 atom stereocenters. The molecule has 2 amide bonds. The van der Waals surface area contributed by atoms with Crippen LogP contribution in [0.2, 0.25) is 0 Å². The van der Waals surface area contributed by atoms with Gasteiger partial charge in [-0.25, -0.2) is 0 Å². The highest BCUT2D eigenvalue weighted by Crippen LogP contribution is 2.19. The zero-order valence-corrected chi connectivity index (χ0v) is 14.5. The molecule has 136 valence electrons. The van der Waals surface area contributed by atoms with Crippen molar-refractivity contribution in [3.63, 3.8) is 0 Å². The number of anilines is 1. The number of nitrogens with one attached hydrogen (secondary N) is 2. The lowest BCUT2D eigenvalue weighted by molar-refractivity contribution is -0.116. The maximum absolute atomic E-state index is 12.4. The molecule has 27 heavy (non-hydrogen) atoms. The predicted octanol–water partition coefficient (Wildman–Crippen LogP) is 1.93. The van der Waals surface area contributed by atoms with E-state index in [0.29, 0.717) is 28.2 Å². The minimum atomic E-state index is -0.272. The Balaban J connectivity index is 1.44. The molecule has 7 nitrogen and oxygen atoms in total. The molecule has 1 fully saturated rings. The SMILES string of the molecule is O=C(Cn1ncc(=O)c2ccccc21)Nc1ccc(C(=O)NC2CC2)cc1. The van der Waals surface area contributed by atoms with Gasteiger partial charge in [-0.3, -0.25) is 19.1 Å². The highest BCUT2D eigenvalue weighted by molar-refractivity contribution is 5.96. The van der Waals surface area contributed by atoms with E-state index in [-0.39, 0.29) is 23.8 Å². The average Bonchev–Trinajstić information content (AvgIpc) is 3.49. The fourth-order valence-corrected chi connectivity index (χ4v) is 2.82. The number of carbonyl (C=O) groups excluding carboxylic acids is 2. The van der Waals surface area contributed by atoms with Crippen LogP contribution in [0.15, 0.2) is 59.5 Å². The largest absolute Gasteiger partial charge is 0.349 e. The number of carbonyl (C=O) groups is 2. The third kappa shape index (κ3) is 3.87. The predicted molar refractivity (Wildman–Crippen MR) is 102 cm³/mol. The quantitative estimate of drug-likeness (QED) is 0.725. The number of nitrogens with zero attached hydrogens (tertiary/aromatic N) is 2. The van der Waals surface area contributed by atoms with Crippen molar-refractivity contribution in [2.45, 2.75) is 25.4 Å². The fourth-order valence-electron chi connectivity index (χ4n) is 2.82. The number of aromatic nitrogens is 2. The fraction of sp³-hybridized carbons (Fsp3) is 0.200. The molecule has 1 heterocycles. The lowest BCUT2D eigenvalue weighted by Crippen LogP contribution is -2.25. The van der Waals surface area contributed by atoms with Crippen molar-refractivity contribution in [1.29, 1.82) is 0 Å². The van der Waals surface area contributed by atoms with Gasteiger partial charge in [0.05, 0.1) is 11.7 Å². The van der Waals surface area contributed by atoms with E-state index in [2.05, 4.69) is 15.7 Å². The summed E-state index contributed by atoms with van der Waals surface area (Å²) >= 11 is 0. The summed E-state index contributed by atoms with van der Waals surface area (Å²) in [4.78, 5) is 36.2. The van der Waals surface area contributed by atoms with Crippen molar-refractivity contribution >= 4 is 28.4 Å². The van der Waals surface area contributed by atoms with Crippen molar-refractivity contribution in [3.8, 4) is 0 Å². The summed E-state index contributed by atoms with van der Waals surface area (Å²) in [6, 6.07) is 14.1. The Labute approximate surface area is 155 Å². The molecule has 1 aliphatic carbocycles. The first kappa shape index (κ1) is 17.0. The molecule has 0 saturated heterocycles. The first-order valence-electron chi connectivity index (χ1n) is 8.76. The van der Waals surface area contributed by atoms with E-state index in [1.807, 2.05) is 0 Å². The van der Waals surface area contributed by atoms with E-state index < -0.39 is 0 Å². The Morgan fingerprint density at radius 1 is 1.07 bits per heavy atom. The van der Waals surface area contributed by atoms with E-state index in [1.165, 1.54) is 10.9 Å². The van der Waals surface area contributed by atoms with E-state index >= 15 is 0 Å². The Morgan fingerprint density at radius 3 is 2.56 bits per heavy atom. The van der Waals surface area contributed by atoms with Crippen LogP contribution in [0.3, 0.4) is 0 Å². The van der Waals surface area contributed by atoms with Gasteiger partial charge in [0.15, 0.2) is 0 Å². The summed E-state index contributed by atoms with van der Waals surface area (Å²) in [6.45, 7) is -0.0231. The van der Waals surface area contributed by atoms with Gasteiger partial charge >= 0.3 is 0 Å². The highest BCUT2D eigenvalue weighted by Gasteiger charge is 2.23. The first-order chi connectivity index (χ1) is 13.1. The number of para-hydroxylation sites is 1. The number of fused-ring (bicyclic) bond motifs is 1. The van der Waals surface area contributed by atoms with E-state index in [9.17, 15) is 14.4 Å². The van der Waals surface area contributed by atoms with Gasteiger partial charge < -0.3 is 10.6 Å². The molecule has 0 bridgehead atoms. The van der Waals surface area contributed by atoms with Crippen molar-refractivity contribution in [2.75, 3.05) is 5.32 Å². The number of benzene rings is 2. The summed E-state index contributed by atoms with van der Waals surface area (Å²) in [7, 11) is 0. The van der Waals surface area contributed by atoms with Crippen LogP contribution in [-0.4, -0.2) is 27.6 Å². The molecule has 1 aromatic heterocycles. The van der Waals surface area contributed by atoms with Crippen molar-refractivity contribution in [1.82, 2.24) is 15.1 Å². The second-order valence-corrected chi connectivity index (χ2v) is 6.56. The number of hydrogen-bond acceptors (Lipinski definition) is 4. The molecule has 0 spiro atoms. The van der Waals surface area contributed by atoms with Crippen molar-refractivity contribution in [3.05, 3.63) is 70.5 Å². The first-order valence-corrected chi connectivity index (χ1v) is 8.76. The molecule has 2 aromatic carbocycles. The lowest BCUT2D eigenvalue weighted by Gasteiger charge is -2.10. The zero-order valence-electron chi connectivity index (χ0n) is 14.5. The summed E-state index contributed by atoms with van der Waals surface area (Å²) in [5.41, 5.74) is 1.58. The Bertz CT molecular complexity index is 1070. The summed E-state index contributed by atoms with van der Waals surface area (Å²) in [6.07, 6.45) is 3.28. The number of rotatable bonds is 5. The maximum Gasteiger partial charge on any atom is 0.251 e. The van der Waals surface area contributed by atoms with Gasteiger partial charge in [0.2, 0.25) is 11.3 Å². The Kier molecular flexibility index (Phi) is 4.42. The van der Waals surface area contributed by atoms with Crippen LogP contribution >= 0.6 is 0 Å². The summed E-state index contributed by atoms with van der Waals surface area (Å²) in [5.74, 6) is -0.370. The normalized spacial score (nSPS) is 13.3. The van der Waals surface area contributed by atoms with Gasteiger partial charge in [-0.15, -0.1) is 0 Å². The van der Waals surface area contributed by atoms with Crippen LogP contribution in [0.1, 0.15) is 23.2 Å². The topological polar surface area (TPSA) is 93.1 Å². The standard InChI is InChI=1S/C20H18N4O3/c25-18-11-21-24(17-4-2-1-3-16(17)18)12-19(26)22-14-7-5-13(6-8-14)20(27)23-15-9-10-15/h1-8,11,15H,9-10,12H2,(H,22,26)(H,23,27). The van der Waals surface area contributed by atoms with E-state index in [0.717, 1.165) is 12.8 Å².